The normalized spacial score (nSPS) is 13.8. The number of unbranched alkanes of at least 4 members (excludes halogenated alkanes) is 7. The lowest BCUT2D eigenvalue weighted by molar-refractivity contribution is 0.268. The Kier molecular flexibility index (Phi) is 13.0. The molecule has 0 aromatic heterocycles. The summed E-state index contributed by atoms with van der Waals surface area (Å²) in [5.41, 5.74) is 7.70. The molecule has 1 nitrogen and oxygen atoms in total. The molecule has 1 aromatic carbocycles. The van der Waals surface area contributed by atoms with E-state index in [-0.39, 0.29) is 17.9 Å². The summed E-state index contributed by atoms with van der Waals surface area (Å²) in [7, 11) is 0. The minimum atomic E-state index is -0.185. The molecule has 2 N–H and O–H groups in total. The van der Waals surface area contributed by atoms with E-state index in [4.69, 9.17) is 5.73 Å². The van der Waals surface area contributed by atoms with Gasteiger partial charge in [-0.3, -0.25) is 0 Å². The quantitative estimate of drug-likeness (QED) is 0.289. The molecule has 0 fully saturated rings. The van der Waals surface area contributed by atoms with Gasteiger partial charge in [0.15, 0.2) is 0 Å². The number of nitrogens with two attached hydrogens (primary N) is 1. The maximum atomic E-state index is 6.54. The van der Waals surface area contributed by atoms with Gasteiger partial charge in [0.05, 0.1) is 0 Å². The summed E-state index contributed by atoms with van der Waals surface area (Å²) in [6, 6.07) is 10.7. The first kappa shape index (κ1) is 24.2. The van der Waals surface area contributed by atoms with E-state index in [0.717, 1.165) is 0 Å². The molecule has 0 aliphatic heterocycles. The molecular formula is C23H40ClN. The molecule has 0 heterocycles. The molecule has 0 bridgehead atoms. The first-order valence-electron chi connectivity index (χ1n) is 9.97. The molecule has 0 aliphatic rings. The standard InChI is InChI=1S/C23H39N.ClH/c1-5-7-8-9-10-11-12-16-19-22(23(3,4)24)21(6-2)20-17-14-13-15-18-20;/h6,13-15,17-18,21-22H,2,5,7-12,16,19,24H2,1,3-4H3;1H. The summed E-state index contributed by atoms with van der Waals surface area (Å²) in [5.74, 6) is 0.785. The van der Waals surface area contributed by atoms with Gasteiger partial charge in [-0.2, -0.15) is 0 Å². The molecule has 0 radical (unpaired) electrons. The molecule has 0 saturated heterocycles. The number of allylic oxidation sites excluding steroid dienone is 1. The van der Waals surface area contributed by atoms with Crippen LogP contribution in [0.15, 0.2) is 43.0 Å². The largest absolute Gasteiger partial charge is 0.325 e. The fourth-order valence-electron chi connectivity index (χ4n) is 3.72. The summed E-state index contributed by atoms with van der Waals surface area (Å²) < 4.78 is 0. The van der Waals surface area contributed by atoms with E-state index in [1.165, 1.54) is 63.4 Å². The van der Waals surface area contributed by atoms with E-state index in [0.29, 0.717) is 11.8 Å². The predicted octanol–water partition coefficient (Wildman–Crippen LogP) is 7.26. The van der Waals surface area contributed by atoms with Crippen LogP contribution in [-0.4, -0.2) is 5.54 Å². The Balaban J connectivity index is 0.00000576. The van der Waals surface area contributed by atoms with Crippen LogP contribution in [0.4, 0.5) is 0 Å². The lowest BCUT2D eigenvalue weighted by atomic mass is 9.72. The molecule has 2 unspecified atom stereocenters. The highest BCUT2D eigenvalue weighted by Crippen LogP contribution is 2.36. The smallest absolute Gasteiger partial charge is 0.0134 e. The Hall–Kier alpha value is -0.790. The zero-order valence-electron chi connectivity index (χ0n) is 16.7. The minimum Gasteiger partial charge on any atom is -0.325 e. The summed E-state index contributed by atoms with van der Waals surface area (Å²) in [6.07, 6.45) is 14.2. The number of hydrogen-bond donors (Lipinski definition) is 1. The number of benzene rings is 1. The van der Waals surface area contributed by atoms with Gasteiger partial charge < -0.3 is 5.73 Å². The fraction of sp³-hybridized carbons (Fsp3) is 0.652. The first-order valence-corrected chi connectivity index (χ1v) is 9.97. The van der Waals surface area contributed by atoms with Gasteiger partial charge in [-0.25, -0.2) is 0 Å². The van der Waals surface area contributed by atoms with Gasteiger partial charge in [0.2, 0.25) is 0 Å². The summed E-state index contributed by atoms with van der Waals surface area (Å²) in [4.78, 5) is 0. The molecule has 0 saturated carbocycles. The van der Waals surface area contributed by atoms with Crippen LogP contribution < -0.4 is 5.73 Å². The Morgan fingerprint density at radius 3 is 1.96 bits per heavy atom. The van der Waals surface area contributed by atoms with Gasteiger partial charge in [-0.1, -0.05) is 94.7 Å². The van der Waals surface area contributed by atoms with E-state index in [1.54, 1.807) is 0 Å². The van der Waals surface area contributed by atoms with Crippen molar-refractivity contribution in [2.45, 2.75) is 90.0 Å². The second-order valence-electron chi connectivity index (χ2n) is 7.86. The van der Waals surface area contributed by atoms with Gasteiger partial charge in [-0.15, -0.1) is 19.0 Å². The van der Waals surface area contributed by atoms with Crippen LogP contribution >= 0.6 is 12.4 Å². The summed E-state index contributed by atoms with van der Waals surface area (Å²) in [5, 5.41) is 0. The summed E-state index contributed by atoms with van der Waals surface area (Å²) in [6.45, 7) is 10.7. The second-order valence-corrected chi connectivity index (χ2v) is 7.86. The number of halogens is 1. The Morgan fingerprint density at radius 2 is 1.48 bits per heavy atom. The lowest BCUT2D eigenvalue weighted by Gasteiger charge is -2.36. The Labute approximate surface area is 162 Å². The molecule has 2 heteroatoms. The van der Waals surface area contributed by atoms with Gasteiger partial charge >= 0.3 is 0 Å². The minimum absolute atomic E-state index is 0. The number of rotatable bonds is 13. The lowest BCUT2D eigenvalue weighted by Crippen LogP contribution is -2.43. The Bertz CT molecular complexity index is 435. The first-order chi connectivity index (χ1) is 11.5. The van der Waals surface area contributed by atoms with Crippen LogP contribution in [0.3, 0.4) is 0 Å². The van der Waals surface area contributed by atoms with Crippen molar-refractivity contribution < 1.29 is 0 Å². The van der Waals surface area contributed by atoms with E-state index in [1.807, 2.05) is 0 Å². The molecule has 1 aromatic rings. The van der Waals surface area contributed by atoms with Crippen molar-refractivity contribution in [3.63, 3.8) is 0 Å². The topological polar surface area (TPSA) is 26.0 Å². The average molecular weight is 366 g/mol. The summed E-state index contributed by atoms with van der Waals surface area (Å²) >= 11 is 0. The molecule has 0 aliphatic carbocycles. The second kappa shape index (κ2) is 13.4. The molecule has 1 rings (SSSR count). The van der Waals surface area contributed by atoms with Crippen LogP contribution in [0.25, 0.3) is 0 Å². The molecular weight excluding hydrogens is 326 g/mol. The van der Waals surface area contributed by atoms with Crippen molar-refractivity contribution in [3.05, 3.63) is 48.6 Å². The van der Waals surface area contributed by atoms with E-state index < -0.39 is 0 Å². The van der Waals surface area contributed by atoms with Crippen molar-refractivity contribution in [3.8, 4) is 0 Å². The van der Waals surface area contributed by atoms with E-state index in [9.17, 15) is 0 Å². The highest BCUT2D eigenvalue weighted by Gasteiger charge is 2.31. The SMILES string of the molecule is C=CC(c1ccccc1)C(CCCCCCCCCC)C(C)(C)N.Cl. The average Bonchev–Trinajstić information content (AvgIpc) is 2.56. The maximum absolute atomic E-state index is 6.54. The third kappa shape index (κ3) is 9.47. The molecule has 2 atom stereocenters. The van der Waals surface area contributed by atoms with E-state index in [2.05, 4.69) is 63.8 Å². The Morgan fingerprint density at radius 1 is 0.960 bits per heavy atom. The molecule has 0 spiro atoms. The molecule has 144 valence electrons. The van der Waals surface area contributed by atoms with E-state index >= 15 is 0 Å². The van der Waals surface area contributed by atoms with Gasteiger partial charge in [-0.05, 0) is 31.7 Å². The molecule has 25 heavy (non-hydrogen) atoms. The predicted molar refractivity (Wildman–Crippen MR) is 116 cm³/mol. The van der Waals surface area contributed by atoms with Crippen LogP contribution in [-0.2, 0) is 0 Å². The number of hydrogen-bond acceptors (Lipinski definition) is 1. The maximum Gasteiger partial charge on any atom is 0.0134 e. The van der Waals surface area contributed by atoms with Crippen molar-refractivity contribution in [2.24, 2.45) is 11.7 Å². The molecule has 0 amide bonds. The monoisotopic (exact) mass is 365 g/mol. The van der Waals surface area contributed by atoms with Gasteiger partial charge in [0.1, 0.15) is 0 Å². The fourth-order valence-corrected chi connectivity index (χ4v) is 3.72. The van der Waals surface area contributed by atoms with Crippen molar-refractivity contribution >= 4 is 12.4 Å². The van der Waals surface area contributed by atoms with Crippen LogP contribution in [0.2, 0.25) is 0 Å². The van der Waals surface area contributed by atoms with Crippen molar-refractivity contribution in [1.29, 1.82) is 0 Å². The van der Waals surface area contributed by atoms with Crippen molar-refractivity contribution in [2.75, 3.05) is 0 Å². The van der Waals surface area contributed by atoms with Crippen LogP contribution in [0.5, 0.6) is 0 Å². The third-order valence-corrected chi connectivity index (χ3v) is 5.20. The zero-order valence-corrected chi connectivity index (χ0v) is 17.5. The zero-order chi connectivity index (χ0) is 17.8. The third-order valence-electron chi connectivity index (χ3n) is 5.20. The van der Waals surface area contributed by atoms with Gasteiger partial charge in [0.25, 0.3) is 0 Å². The highest BCUT2D eigenvalue weighted by atomic mass is 35.5. The van der Waals surface area contributed by atoms with Crippen LogP contribution in [0.1, 0.15) is 90.0 Å². The van der Waals surface area contributed by atoms with Gasteiger partial charge in [0, 0.05) is 11.5 Å². The van der Waals surface area contributed by atoms with Crippen LogP contribution in [0, 0.1) is 5.92 Å². The van der Waals surface area contributed by atoms with Crippen molar-refractivity contribution in [1.82, 2.24) is 0 Å². The highest BCUT2D eigenvalue weighted by molar-refractivity contribution is 5.85.